The van der Waals surface area contributed by atoms with Crippen molar-refractivity contribution in [2.24, 2.45) is 0 Å². The van der Waals surface area contributed by atoms with E-state index >= 15 is 0 Å². The van der Waals surface area contributed by atoms with Crippen LogP contribution >= 0.6 is 23.2 Å². The second-order valence-electron chi connectivity index (χ2n) is 3.87. The van der Waals surface area contributed by atoms with E-state index in [0.717, 1.165) is 5.56 Å². The summed E-state index contributed by atoms with van der Waals surface area (Å²) in [4.78, 5) is 13.9. The molecule has 0 bridgehead atoms. The van der Waals surface area contributed by atoms with Gasteiger partial charge in [0.2, 0.25) is 0 Å². The van der Waals surface area contributed by atoms with Crippen LogP contribution in [0, 0.1) is 10.1 Å². The molecule has 2 aromatic rings. The van der Waals surface area contributed by atoms with Crippen LogP contribution < -0.4 is 10.5 Å². The van der Waals surface area contributed by atoms with E-state index in [1.165, 1.54) is 12.1 Å². The molecule has 0 aliphatic rings. The fourth-order valence-electron chi connectivity index (χ4n) is 1.53. The van der Waals surface area contributed by atoms with Crippen LogP contribution in [0.15, 0.2) is 30.5 Å². The molecular weight excluding hydrogens is 305 g/mol. The minimum Gasteiger partial charge on any atom is -0.486 e. The molecule has 0 radical (unpaired) electrons. The van der Waals surface area contributed by atoms with Gasteiger partial charge in [0.15, 0.2) is 5.75 Å². The van der Waals surface area contributed by atoms with Crippen LogP contribution in [0.25, 0.3) is 0 Å². The summed E-state index contributed by atoms with van der Waals surface area (Å²) in [5.41, 5.74) is 6.13. The third-order valence-corrected chi connectivity index (χ3v) is 2.98. The van der Waals surface area contributed by atoms with Gasteiger partial charge < -0.3 is 10.5 Å². The number of nitrogens with zero attached hydrogens (tertiary/aromatic N) is 2. The van der Waals surface area contributed by atoms with E-state index in [9.17, 15) is 10.1 Å². The Labute approximate surface area is 124 Å². The number of ether oxygens (including phenoxy) is 1. The summed E-state index contributed by atoms with van der Waals surface area (Å²) >= 11 is 11.9. The first-order valence-corrected chi connectivity index (χ1v) is 6.19. The van der Waals surface area contributed by atoms with Gasteiger partial charge in [-0.25, -0.2) is 4.98 Å². The number of nitrogens with two attached hydrogens (primary N) is 1. The molecule has 1 aromatic carbocycles. The first kappa shape index (κ1) is 14.4. The normalized spacial score (nSPS) is 10.3. The standard InChI is InChI=1S/C12H9Cl2N3O3/c13-9-4-8(17(18)19)5-10(14)12(9)20-6-7-1-2-16-11(15)3-7/h1-5H,6H2,(H2,15,16). The van der Waals surface area contributed by atoms with Gasteiger partial charge in [-0.05, 0) is 17.7 Å². The molecule has 0 atom stereocenters. The van der Waals surface area contributed by atoms with Crippen molar-refractivity contribution < 1.29 is 9.66 Å². The van der Waals surface area contributed by atoms with Crippen molar-refractivity contribution >= 4 is 34.7 Å². The average molecular weight is 314 g/mol. The van der Waals surface area contributed by atoms with Crippen molar-refractivity contribution in [2.75, 3.05) is 5.73 Å². The number of benzene rings is 1. The summed E-state index contributed by atoms with van der Waals surface area (Å²) in [6.07, 6.45) is 1.55. The monoisotopic (exact) mass is 313 g/mol. The molecule has 0 aliphatic heterocycles. The largest absolute Gasteiger partial charge is 0.486 e. The van der Waals surface area contributed by atoms with E-state index < -0.39 is 4.92 Å². The minimum atomic E-state index is -0.578. The first-order chi connectivity index (χ1) is 9.47. The van der Waals surface area contributed by atoms with Gasteiger partial charge in [0.25, 0.3) is 5.69 Å². The van der Waals surface area contributed by atoms with E-state index in [-0.39, 0.29) is 28.1 Å². The zero-order valence-electron chi connectivity index (χ0n) is 10.0. The first-order valence-electron chi connectivity index (χ1n) is 5.44. The molecule has 104 valence electrons. The molecule has 1 aromatic heterocycles. The topological polar surface area (TPSA) is 91.3 Å². The number of nitro benzene ring substituents is 1. The molecule has 0 aliphatic carbocycles. The van der Waals surface area contributed by atoms with Crippen LogP contribution in [0.3, 0.4) is 0 Å². The van der Waals surface area contributed by atoms with Crippen LogP contribution in [0.2, 0.25) is 10.0 Å². The molecule has 0 fully saturated rings. The molecule has 0 saturated heterocycles. The molecule has 20 heavy (non-hydrogen) atoms. The van der Waals surface area contributed by atoms with Gasteiger partial charge in [0.05, 0.1) is 15.0 Å². The average Bonchev–Trinajstić information content (AvgIpc) is 2.37. The van der Waals surface area contributed by atoms with Crippen molar-refractivity contribution in [2.45, 2.75) is 6.61 Å². The third-order valence-electron chi connectivity index (χ3n) is 2.42. The molecule has 1 heterocycles. The lowest BCUT2D eigenvalue weighted by atomic mass is 10.2. The van der Waals surface area contributed by atoms with Gasteiger partial charge in [-0.2, -0.15) is 0 Å². The summed E-state index contributed by atoms with van der Waals surface area (Å²) in [5, 5.41) is 10.8. The summed E-state index contributed by atoms with van der Waals surface area (Å²) in [6, 6.07) is 5.74. The number of halogens is 2. The maximum Gasteiger partial charge on any atom is 0.272 e. The van der Waals surface area contributed by atoms with Crippen LogP contribution in [0.1, 0.15) is 5.56 Å². The maximum absolute atomic E-state index is 10.7. The Morgan fingerprint density at radius 3 is 2.50 bits per heavy atom. The lowest BCUT2D eigenvalue weighted by molar-refractivity contribution is -0.384. The number of pyridine rings is 1. The van der Waals surface area contributed by atoms with Gasteiger partial charge >= 0.3 is 0 Å². The smallest absolute Gasteiger partial charge is 0.272 e. The van der Waals surface area contributed by atoms with Gasteiger partial charge in [-0.1, -0.05) is 23.2 Å². The highest BCUT2D eigenvalue weighted by molar-refractivity contribution is 6.37. The predicted molar refractivity (Wildman–Crippen MR) is 76.1 cm³/mol. The molecule has 6 nitrogen and oxygen atoms in total. The van der Waals surface area contributed by atoms with E-state index in [4.69, 9.17) is 33.7 Å². The highest BCUT2D eigenvalue weighted by atomic mass is 35.5. The zero-order valence-corrected chi connectivity index (χ0v) is 11.6. The molecule has 0 spiro atoms. The highest BCUT2D eigenvalue weighted by Crippen LogP contribution is 2.37. The molecule has 2 rings (SSSR count). The van der Waals surface area contributed by atoms with E-state index in [0.29, 0.717) is 5.82 Å². The van der Waals surface area contributed by atoms with Crippen molar-refractivity contribution in [1.29, 1.82) is 0 Å². The Morgan fingerprint density at radius 2 is 1.95 bits per heavy atom. The van der Waals surface area contributed by atoms with E-state index in [1.54, 1.807) is 18.3 Å². The Bertz CT molecular complexity index is 641. The van der Waals surface area contributed by atoms with Crippen LogP contribution in [0.4, 0.5) is 11.5 Å². The molecule has 8 heteroatoms. The van der Waals surface area contributed by atoms with Crippen LogP contribution in [0.5, 0.6) is 5.75 Å². The quantitative estimate of drug-likeness (QED) is 0.689. The summed E-state index contributed by atoms with van der Waals surface area (Å²) in [7, 11) is 0. The number of aromatic nitrogens is 1. The molecule has 0 amide bonds. The van der Waals surface area contributed by atoms with Gasteiger partial charge in [0.1, 0.15) is 12.4 Å². The second-order valence-corrected chi connectivity index (χ2v) is 4.69. The minimum absolute atomic E-state index is 0.0752. The lowest BCUT2D eigenvalue weighted by Gasteiger charge is -2.10. The van der Waals surface area contributed by atoms with Crippen LogP contribution in [-0.2, 0) is 6.61 Å². The number of hydrogen-bond donors (Lipinski definition) is 1. The van der Waals surface area contributed by atoms with Crippen molar-refractivity contribution in [3.05, 3.63) is 56.2 Å². The van der Waals surface area contributed by atoms with Crippen molar-refractivity contribution in [3.63, 3.8) is 0 Å². The third kappa shape index (κ3) is 3.28. The fourth-order valence-corrected chi connectivity index (χ4v) is 2.11. The predicted octanol–water partition coefficient (Wildman–Crippen LogP) is 3.46. The lowest BCUT2D eigenvalue weighted by Crippen LogP contribution is -1.99. The molecule has 0 unspecified atom stereocenters. The van der Waals surface area contributed by atoms with Gasteiger partial charge in [0, 0.05) is 18.3 Å². The van der Waals surface area contributed by atoms with E-state index in [2.05, 4.69) is 4.98 Å². The Kier molecular flexibility index (Phi) is 4.26. The highest BCUT2D eigenvalue weighted by Gasteiger charge is 2.15. The summed E-state index contributed by atoms with van der Waals surface area (Å²) < 4.78 is 5.47. The Morgan fingerprint density at radius 1 is 1.30 bits per heavy atom. The van der Waals surface area contributed by atoms with E-state index in [1.807, 2.05) is 0 Å². The molecule has 2 N–H and O–H groups in total. The summed E-state index contributed by atoms with van der Waals surface area (Å²) in [5.74, 6) is 0.557. The van der Waals surface area contributed by atoms with Crippen molar-refractivity contribution in [3.8, 4) is 5.75 Å². The number of hydrogen-bond acceptors (Lipinski definition) is 5. The summed E-state index contributed by atoms with van der Waals surface area (Å²) in [6.45, 7) is 0.171. The second kappa shape index (κ2) is 5.94. The number of nitrogen functional groups attached to an aromatic ring is 1. The van der Waals surface area contributed by atoms with Crippen molar-refractivity contribution in [1.82, 2.24) is 4.98 Å². The zero-order chi connectivity index (χ0) is 14.7. The fraction of sp³-hybridized carbons (Fsp3) is 0.0833. The molecule has 0 saturated carbocycles. The maximum atomic E-state index is 10.7. The molecular formula is C12H9Cl2N3O3. The van der Waals surface area contributed by atoms with Crippen LogP contribution in [-0.4, -0.2) is 9.91 Å². The van der Waals surface area contributed by atoms with Gasteiger partial charge in [-0.3, -0.25) is 10.1 Å². The number of anilines is 1. The van der Waals surface area contributed by atoms with Gasteiger partial charge in [-0.15, -0.1) is 0 Å². The SMILES string of the molecule is Nc1cc(COc2c(Cl)cc([N+](=O)[O-])cc2Cl)ccn1. The number of non-ortho nitro benzene ring substituents is 1. The Balaban J connectivity index is 2.20. The number of nitro groups is 1. The number of rotatable bonds is 4. The Hall–Kier alpha value is -2.05.